The van der Waals surface area contributed by atoms with Gasteiger partial charge in [-0.25, -0.2) is 4.79 Å². The standard InChI is InChI=1S/C26H41N3O3/c1-18(23(17-30)28(5)25(31)32)13-24(26(2,3)4)27-22-12-11-20-15-29(16-21(20)22)14-19-9-7-6-8-10-19/h6-10,17-18,20-24,27H,11-16H2,1-5H3,(H,31,32)/t18-,20+,21-,22-,23+,24?/m0/s1. The number of nitrogens with zero attached hydrogens (tertiary/aromatic N) is 2. The largest absolute Gasteiger partial charge is 0.465 e. The monoisotopic (exact) mass is 443 g/mol. The fraction of sp³-hybridized carbons (Fsp3) is 0.692. The van der Waals surface area contributed by atoms with Crippen LogP contribution in [0.4, 0.5) is 4.79 Å². The van der Waals surface area contributed by atoms with E-state index < -0.39 is 12.1 Å². The van der Waals surface area contributed by atoms with E-state index in [-0.39, 0.29) is 17.4 Å². The van der Waals surface area contributed by atoms with Gasteiger partial charge in [-0.15, -0.1) is 0 Å². The molecule has 32 heavy (non-hydrogen) atoms. The molecule has 1 unspecified atom stereocenters. The van der Waals surface area contributed by atoms with Gasteiger partial charge >= 0.3 is 6.09 Å². The van der Waals surface area contributed by atoms with Crippen LogP contribution in [-0.2, 0) is 11.3 Å². The molecular formula is C26H41N3O3. The van der Waals surface area contributed by atoms with Crippen molar-refractivity contribution in [3.63, 3.8) is 0 Å². The maximum atomic E-state index is 11.7. The molecule has 0 aromatic heterocycles. The van der Waals surface area contributed by atoms with Gasteiger partial charge in [-0.1, -0.05) is 58.0 Å². The van der Waals surface area contributed by atoms with E-state index in [9.17, 15) is 14.7 Å². The molecule has 0 bridgehead atoms. The number of rotatable bonds is 9. The third-order valence-corrected chi connectivity index (χ3v) is 7.72. The molecule has 1 aromatic carbocycles. The van der Waals surface area contributed by atoms with Crippen LogP contribution >= 0.6 is 0 Å². The van der Waals surface area contributed by atoms with Gasteiger partial charge in [-0.3, -0.25) is 4.90 Å². The smallest absolute Gasteiger partial charge is 0.407 e. The molecule has 2 aliphatic rings. The van der Waals surface area contributed by atoms with Crippen LogP contribution in [0.1, 0.15) is 52.5 Å². The average Bonchev–Trinajstić information content (AvgIpc) is 3.28. The first kappa shape index (κ1) is 24.7. The Kier molecular flexibility index (Phi) is 7.99. The molecule has 1 aromatic rings. The fourth-order valence-electron chi connectivity index (χ4n) is 5.71. The summed E-state index contributed by atoms with van der Waals surface area (Å²) >= 11 is 0. The van der Waals surface area contributed by atoms with Gasteiger partial charge in [0.1, 0.15) is 6.29 Å². The second-order valence-electron chi connectivity index (χ2n) is 11.1. The number of likely N-dealkylation sites (tertiary alicyclic amines) is 1. The molecule has 1 saturated carbocycles. The van der Waals surface area contributed by atoms with E-state index in [4.69, 9.17) is 0 Å². The predicted octanol–water partition coefficient (Wildman–Crippen LogP) is 4.10. The summed E-state index contributed by atoms with van der Waals surface area (Å²) in [5, 5.41) is 13.3. The summed E-state index contributed by atoms with van der Waals surface area (Å²) in [4.78, 5) is 26.8. The van der Waals surface area contributed by atoms with Crippen LogP contribution in [0.2, 0.25) is 0 Å². The van der Waals surface area contributed by atoms with Gasteiger partial charge in [0.25, 0.3) is 0 Å². The second kappa shape index (κ2) is 10.3. The van der Waals surface area contributed by atoms with Gasteiger partial charge in [0.15, 0.2) is 0 Å². The molecule has 1 saturated heterocycles. The quantitative estimate of drug-likeness (QED) is 0.562. The molecule has 178 valence electrons. The summed E-state index contributed by atoms with van der Waals surface area (Å²) < 4.78 is 0. The van der Waals surface area contributed by atoms with E-state index in [2.05, 4.69) is 61.3 Å². The van der Waals surface area contributed by atoms with E-state index in [0.29, 0.717) is 12.0 Å². The Labute approximate surface area is 193 Å². The molecule has 1 heterocycles. The van der Waals surface area contributed by atoms with Gasteiger partial charge < -0.3 is 20.1 Å². The number of amides is 1. The van der Waals surface area contributed by atoms with Crippen LogP contribution in [0.3, 0.4) is 0 Å². The van der Waals surface area contributed by atoms with Crippen LogP contribution < -0.4 is 5.32 Å². The first-order valence-corrected chi connectivity index (χ1v) is 12.0. The van der Waals surface area contributed by atoms with Gasteiger partial charge in [0.2, 0.25) is 0 Å². The highest BCUT2D eigenvalue weighted by Crippen LogP contribution is 2.40. The second-order valence-corrected chi connectivity index (χ2v) is 11.1. The maximum Gasteiger partial charge on any atom is 0.407 e. The van der Waals surface area contributed by atoms with Gasteiger partial charge in [-0.05, 0) is 48.0 Å². The zero-order chi connectivity index (χ0) is 23.5. The topological polar surface area (TPSA) is 72.9 Å². The third kappa shape index (κ3) is 5.90. The van der Waals surface area contributed by atoms with Crippen molar-refractivity contribution in [3.05, 3.63) is 35.9 Å². The number of carboxylic acid groups (broad SMARTS) is 1. The van der Waals surface area contributed by atoms with Crippen LogP contribution in [0.15, 0.2) is 30.3 Å². The summed E-state index contributed by atoms with van der Waals surface area (Å²) in [6.07, 6.45) is 2.95. The van der Waals surface area contributed by atoms with E-state index in [0.717, 1.165) is 36.6 Å². The van der Waals surface area contributed by atoms with Crippen LogP contribution in [0, 0.1) is 23.2 Å². The summed E-state index contributed by atoms with van der Waals surface area (Å²) in [5.74, 6) is 1.35. The molecule has 1 aliphatic heterocycles. The number of benzene rings is 1. The highest BCUT2D eigenvalue weighted by molar-refractivity contribution is 5.71. The van der Waals surface area contributed by atoms with Crippen molar-refractivity contribution in [3.8, 4) is 0 Å². The first-order valence-electron chi connectivity index (χ1n) is 12.0. The van der Waals surface area contributed by atoms with Crippen LogP contribution in [-0.4, -0.2) is 65.5 Å². The zero-order valence-corrected chi connectivity index (χ0v) is 20.3. The van der Waals surface area contributed by atoms with Crippen molar-refractivity contribution in [1.29, 1.82) is 0 Å². The van der Waals surface area contributed by atoms with E-state index >= 15 is 0 Å². The molecule has 3 rings (SSSR count). The summed E-state index contributed by atoms with van der Waals surface area (Å²) in [7, 11) is 1.48. The molecule has 1 aliphatic carbocycles. The van der Waals surface area contributed by atoms with Crippen LogP contribution in [0.25, 0.3) is 0 Å². The Bertz CT molecular complexity index is 763. The Hall–Kier alpha value is -1.92. The third-order valence-electron chi connectivity index (χ3n) is 7.72. The molecule has 6 atom stereocenters. The lowest BCUT2D eigenvalue weighted by atomic mass is 9.79. The molecule has 1 amide bonds. The number of fused-ring (bicyclic) bond motifs is 1. The van der Waals surface area contributed by atoms with Gasteiger partial charge in [0, 0.05) is 38.8 Å². The fourth-order valence-corrected chi connectivity index (χ4v) is 5.71. The Balaban J connectivity index is 1.63. The van der Waals surface area contributed by atoms with Crippen molar-refractivity contribution in [2.45, 2.75) is 71.6 Å². The number of nitrogens with one attached hydrogen (secondary N) is 1. The number of likely N-dealkylation sites (N-methyl/N-ethyl adjacent to an activating group) is 1. The normalized spacial score (nSPS) is 26.3. The number of hydrogen-bond donors (Lipinski definition) is 2. The lowest BCUT2D eigenvalue weighted by Gasteiger charge is -2.39. The van der Waals surface area contributed by atoms with Gasteiger partial charge in [-0.2, -0.15) is 0 Å². The Morgan fingerprint density at radius 3 is 2.53 bits per heavy atom. The zero-order valence-electron chi connectivity index (χ0n) is 20.3. The highest BCUT2D eigenvalue weighted by atomic mass is 16.4. The van der Waals surface area contributed by atoms with Crippen molar-refractivity contribution in [2.24, 2.45) is 23.2 Å². The summed E-state index contributed by atoms with van der Waals surface area (Å²) in [6, 6.07) is 10.8. The number of aldehydes is 1. The Morgan fingerprint density at radius 1 is 1.25 bits per heavy atom. The molecule has 6 nitrogen and oxygen atoms in total. The molecule has 2 fully saturated rings. The van der Waals surface area contributed by atoms with Crippen molar-refractivity contribution in [2.75, 3.05) is 20.1 Å². The predicted molar refractivity (Wildman–Crippen MR) is 128 cm³/mol. The van der Waals surface area contributed by atoms with Crippen molar-refractivity contribution in [1.82, 2.24) is 15.1 Å². The van der Waals surface area contributed by atoms with Crippen molar-refractivity contribution >= 4 is 12.4 Å². The molecule has 0 spiro atoms. The number of hydrogen-bond acceptors (Lipinski definition) is 4. The summed E-state index contributed by atoms with van der Waals surface area (Å²) in [6.45, 7) is 12.0. The molecule has 6 heteroatoms. The minimum atomic E-state index is -1.06. The summed E-state index contributed by atoms with van der Waals surface area (Å²) in [5.41, 5.74) is 1.39. The van der Waals surface area contributed by atoms with E-state index in [1.54, 1.807) is 0 Å². The minimum absolute atomic E-state index is 0.0178. The SMILES string of the molecule is C[C@@H](CC(N[C@H]1CC[C@@H]2CN(Cc3ccccc3)C[C@@H]21)C(C)(C)C)[C@@H](C=O)N(C)C(=O)O. The lowest BCUT2D eigenvalue weighted by molar-refractivity contribution is -0.113. The molecule has 0 radical (unpaired) electrons. The molecular weight excluding hydrogens is 402 g/mol. The number of carbonyl (C=O) groups excluding carboxylic acids is 1. The molecule has 2 N–H and O–H groups in total. The minimum Gasteiger partial charge on any atom is -0.465 e. The van der Waals surface area contributed by atoms with E-state index in [1.165, 1.54) is 32.0 Å². The lowest BCUT2D eigenvalue weighted by Crippen LogP contribution is -2.51. The first-order chi connectivity index (χ1) is 15.1. The maximum absolute atomic E-state index is 11.7. The average molecular weight is 444 g/mol. The number of carbonyl (C=O) groups is 2. The highest BCUT2D eigenvalue weighted by Gasteiger charge is 2.44. The van der Waals surface area contributed by atoms with Crippen LogP contribution in [0.5, 0.6) is 0 Å². The Morgan fingerprint density at radius 2 is 1.94 bits per heavy atom. The van der Waals surface area contributed by atoms with Gasteiger partial charge in [0.05, 0.1) is 6.04 Å². The van der Waals surface area contributed by atoms with E-state index in [1.807, 2.05) is 6.92 Å². The van der Waals surface area contributed by atoms with Crippen molar-refractivity contribution < 1.29 is 14.7 Å².